The molecular weight excluding hydrogens is 370 g/mol. The van der Waals surface area contributed by atoms with Crippen LogP contribution >= 0.6 is 0 Å². The first-order valence-corrected chi connectivity index (χ1v) is 9.63. The number of carbonyl (C=O) groups excluding carboxylic acids is 2. The fraction of sp³-hybridized carbons (Fsp3) is 0.333. The lowest BCUT2D eigenvalue weighted by Crippen LogP contribution is -2.28. The van der Waals surface area contributed by atoms with Gasteiger partial charge in [-0.3, -0.25) is 19.3 Å². The average Bonchev–Trinajstić information content (AvgIpc) is 3.40. The van der Waals surface area contributed by atoms with Gasteiger partial charge in [0.25, 0.3) is 11.8 Å². The molecule has 0 spiro atoms. The summed E-state index contributed by atoms with van der Waals surface area (Å²) in [5.41, 5.74) is 2.66. The highest BCUT2D eigenvalue weighted by Crippen LogP contribution is 2.30. The molecule has 29 heavy (non-hydrogen) atoms. The fourth-order valence-corrected chi connectivity index (χ4v) is 3.76. The van der Waals surface area contributed by atoms with Crippen molar-refractivity contribution < 1.29 is 14.7 Å². The van der Waals surface area contributed by atoms with E-state index >= 15 is 0 Å². The number of pyridine rings is 1. The number of fused-ring (bicyclic) bond motifs is 1. The summed E-state index contributed by atoms with van der Waals surface area (Å²) >= 11 is 0. The third-order valence-electron chi connectivity index (χ3n) is 5.22. The number of nitrogens with one attached hydrogen (secondary N) is 1. The lowest BCUT2D eigenvalue weighted by Gasteiger charge is -2.16. The van der Waals surface area contributed by atoms with Crippen LogP contribution in [0.3, 0.4) is 0 Å². The third kappa shape index (κ3) is 3.84. The predicted molar refractivity (Wildman–Crippen MR) is 108 cm³/mol. The van der Waals surface area contributed by atoms with Crippen molar-refractivity contribution in [3.63, 3.8) is 0 Å². The Bertz CT molecular complexity index is 1060. The molecule has 1 fully saturated rings. The molecule has 1 unspecified atom stereocenters. The molecule has 4 rings (SSSR count). The van der Waals surface area contributed by atoms with E-state index in [-0.39, 0.29) is 30.9 Å². The zero-order valence-corrected chi connectivity index (χ0v) is 16.2. The average molecular weight is 393 g/mol. The van der Waals surface area contributed by atoms with Gasteiger partial charge in [0.1, 0.15) is 0 Å². The van der Waals surface area contributed by atoms with E-state index in [1.807, 2.05) is 35.2 Å². The lowest BCUT2D eigenvalue weighted by atomic mass is 9.99. The molecule has 1 saturated heterocycles. The number of para-hydroxylation sites is 1. The Morgan fingerprint density at radius 1 is 1.31 bits per heavy atom. The summed E-state index contributed by atoms with van der Waals surface area (Å²) in [5.74, 6) is -0.216. The van der Waals surface area contributed by atoms with Gasteiger partial charge >= 0.3 is 0 Å². The molecule has 0 saturated carbocycles. The largest absolute Gasteiger partial charge is 0.395 e. The Labute approximate surface area is 168 Å². The normalized spacial score (nSPS) is 16.3. The summed E-state index contributed by atoms with van der Waals surface area (Å²) in [6.45, 7) is 1.27. The summed E-state index contributed by atoms with van der Waals surface area (Å²) in [7, 11) is 1.78. The van der Waals surface area contributed by atoms with Gasteiger partial charge in [0.05, 0.1) is 29.4 Å². The Kier molecular flexibility index (Phi) is 5.26. The van der Waals surface area contributed by atoms with Crippen LogP contribution in [-0.4, -0.2) is 62.8 Å². The molecule has 2 amide bonds. The minimum absolute atomic E-state index is 0.0395. The van der Waals surface area contributed by atoms with E-state index in [1.54, 1.807) is 24.1 Å². The highest BCUT2D eigenvalue weighted by atomic mass is 16.3. The number of likely N-dealkylation sites (tertiary alicyclic amines) is 1. The number of hydrogen-bond acceptors (Lipinski definition) is 5. The lowest BCUT2D eigenvalue weighted by molar-refractivity contribution is 0.0790. The number of aliphatic hydroxyl groups is 1. The van der Waals surface area contributed by atoms with Gasteiger partial charge in [-0.05, 0) is 18.6 Å². The molecule has 150 valence electrons. The maximum absolute atomic E-state index is 12.7. The second kappa shape index (κ2) is 8.00. The van der Waals surface area contributed by atoms with Crippen molar-refractivity contribution in [3.8, 4) is 0 Å². The van der Waals surface area contributed by atoms with Crippen LogP contribution in [0.1, 0.15) is 38.7 Å². The monoisotopic (exact) mass is 393 g/mol. The van der Waals surface area contributed by atoms with Crippen LogP contribution in [0, 0.1) is 0 Å². The molecule has 2 aromatic heterocycles. The number of benzene rings is 1. The molecule has 3 heterocycles. The SMILES string of the molecule is Cn1cc(C(=O)N2CCC(c3cc(C(=O)NCCO)c4ccccc4n3)C2)cn1. The first kappa shape index (κ1) is 19.1. The summed E-state index contributed by atoms with van der Waals surface area (Å²) in [4.78, 5) is 31.9. The molecule has 1 aliphatic rings. The van der Waals surface area contributed by atoms with Gasteiger partial charge in [-0.25, -0.2) is 0 Å². The molecule has 3 aromatic rings. The van der Waals surface area contributed by atoms with Crippen molar-refractivity contribution in [3.05, 3.63) is 59.5 Å². The number of aromatic nitrogens is 3. The summed E-state index contributed by atoms with van der Waals surface area (Å²) < 4.78 is 1.61. The van der Waals surface area contributed by atoms with Gasteiger partial charge in [-0.15, -0.1) is 0 Å². The molecule has 0 radical (unpaired) electrons. The molecule has 1 atom stereocenters. The van der Waals surface area contributed by atoms with Crippen molar-refractivity contribution >= 4 is 22.7 Å². The molecule has 8 heteroatoms. The van der Waals surface area contributed by atoms with E-state index in [0.29, 0.717) is 24.2 Å². The van der Waals surface area contributed by atoms with Crippen LogP contribution in [0.4, 0.5) is 0 Å². The Hall–Kier alpha value is -3.26. The number of aliphatic hydroxyl groups excluding tert-OH is 1. The zero-order chi connectivity index (χ0) is 20.4. The molecule has 0 aliphatic carbocycles. The number of rotatable bonds is 5. The first-order chi connectivity index (χ1) is 14.1. The summed E-state index contributed by atoms with van der Waals surface area (Å²) in [6.07, 6.45) is 4.08. The molecular formula is C21H23N5O3. The van der Waals surface area contributed by atoms with Gasteiger partial charge in [0, 0.05) is 49.9 Å². The zero-order valence-electron chi connectivity index (χ0n) is 16.2. The van der Waals surface area contributed by atoms with Crippen LogP contribution in [-0.2, 0) is 7.05 Å². The minimum Gasteiger partial charge on any atom is -0.395 e. The Morgan fingerprint density at radius 2 is 2.14 bits per heavy atom. The van der Waals surface area contributed by atoms with E-state index in [0.717, 1.165) is 23.0 Å². The Morgan fingerprint density at radius 3 is 2.90 bits per heavy atom. The van der Waals surface area contributed by atoms with Crippen LogP contribution in [0.25, 0.3) is 10.9 Å². The van der Waals surface area contributed by atoms with Crippen LogP contribution in [0.5, 0.6) is 0 Å². The van der Waals surface area contributed by atoms with Gasteiger partial charge in [0.15, 0.2) is 0 Å². The second-order valence-electron chi connectivity index (χ2n) is 7.23. The molecule has 1 aromatic carbocycles. The third-order valence-corrected chi connectivity index (χ3v) is 5.22. The molecule has 8 nitrogen and oxygen atoms in total. The fourth-order valence-electron chi connectivity index (χ4n) is 3.76. The number of amides is 2. The quantitative estimate of drug-likeness (QED) is 0.681. The van der Waals surface area contributed by atoms with Crippen molar-refractivity contribution in [2.24, 2.45) is 7.05 Å². The van der Waals surface area contributed by atoms with Crippen molar-refractivity contribution in [2.75, 3.05) is 26.2 Å². The molecule has 0 bridgehead atoms. The highest BCUT2D eigenvalue weighted by Gasteiger charge is 2.30. The van der Waals surface area contributed by atoms with Crippen LogP contribution in [0.2, 0.25) is 0 Å². The minimum atomic E-state index is -0.236. The van der Waals surface area contributed by atoms with Crippen molar-refractivity contribution in [2.45, 2.75) is 12.3 Å². The van der Waals surface area contributed by atoms with Gasteiger partial charge in [0.2, 0.25) is 0 Å². The van der Waals surface area contributed by atoms with E-state index in [4.69, 9.17) is 10.1 Å². The predicted octanol–water partition coefficient (Wildman–Crippen LogP) is 1.32. The maximum atomic E-state index is 12.7. The van der Waals surface area contributed by atoms with Gasteiger partial charge in [-0.1, -0.05) is 18.2 Å². The number of carbonyl (C=O) groups is 2. The number of nitrogens with zero attached hydrogens (tertiary/aromatic N) is 4. The van der Waals surface area contributed by atoms with E-state index < -0.39 is 0 Å². The summed E-state index contributed by atoms with van der Waals surface area (Å²) in [5, 5.41) is 16.6. The van der Waals surface area contributed by atoms with E-state index in [2.05, 4.69) is 10.4 Å². The Balaban J connectivity index is 1.61. The first-order valence-electron chi connectivity index (χ1n) is 9.63. The molecule has 1 aliphatic heterocycles. The second-order valence-corrected chi connectivity index (χ2v) is 7.23. The van der Waals surface area contributed by atoms with Gasteiger partial charge in [-0.2, -0.15) is 5.10 Å². The van der Waals surface area contributed by atoms with Crippen molar-refractivity contribution in [1.82, 2.24) is 25.0 Å². The molecule has 2 N–H and O–H groups in total. The smallest absolute Gasteiger partial charge is 0.257 e. The van der Waals surface area contributed by atoms with Crippen LogP contribution in [0.15, 0.2) is 42.7 Å². The standard InChI is InChI=1S/C21H23N5O3/c1-25-12-15(11-23-25)21(29)26-8-6-14(13-26)19-10-17(20(28)22-7-9-27)16-4-2-3-5-18(16)24-19/h2-5,10-12,14,27H,6-9,13H2,1H3,(H,22,28). The topological polar surface area (TPSA) is 100 Å². The number of aryl methyl sites for hydroxylation is 1. The maximum Gasteiger partial charge on any atom is 0.257 e. The van der Waals surface area contributed by atoms with E-state index in [9.17, 15) is 9.59 Å². The van der Waals surface area contributed by atoms with Crippen molar-refractivity contribution in [1.29, 1.82) is 0 Å². The van der Waals surface area contributed by atoms with Gasteiger partial charge < -0.3 is 15.3 Å². The van der Waals surface area contributed by atoms with E-state index in [1.165, 1.54) is 0 Å². The summed E-state index contributed by atoms with van der Waals surface area (Å²) in [6, 6.07) is 9.33. The highest BCUT2D eigenvalue weighted by molar-refractivity contribution is 6.06. The van der Waals surface area contributed by atoms with Crippen LogP contribution < -0.4 is 5.32 Å². The number of hydrogen-bond donors (Lipinski definition) is 2.